The quantitative estimate of drug-likeness (QED) is 0.283. The van der Waals surface area contributed by atoms with Gasteiger partial charge in [-0.1, -0.05) is 73.7 Å². The molecule has 30 heavy (non-hydrogen) atoms. The van der Waals surface area contributed by atoms with Gasteiger partial charge >= 0.3 is 0 Å². The molecule has 0 amide bonds. The molecule has 0 N–H and O–H groups in total. The smallest absolute Gasteiger partial charge is 0.131 e. The number of benzene rings is 3. The molecule has 0 unspecified atom stereocenters. The van der Waals surface area contributed by atoms with E-state index in [9.17, 15) is 4.39 Å². The van der Waals surface area contributed by atoms with Crippen LogP contribution in [0.25, 0.3) is 11.1 Å². The summed E-state index contributed by atoms with van der Waals surface area (Å²) in [4.78, 5) is 0. The maximum absolute atomic E-state index is 14.5. The number of hydrogen-bond donors (Lipinski definition) is 0. The molecule has 0 nitrogen and oxygen atoms in total. The minimum atomic E-state index is -0.156. The van der Waals surface area contributed by atoms with Gasteiger partial charge in [-0.2, -0.15) is 0 Å². The van der Waals surface area contributed by atoms with Crippen molar-refractivity contribution in [2.75, 3.05) is 0 Å². The van der Waals surface area contributed by atoms with Crippen molar-refractivity contribution in [1.29, 1.82) is 0 Å². The lowest BCUT2D eigenvalue weighted by Gasteiger charge is -2.06. The lowest BCUT2D eigenvalue weighted by molar-refractivity contribution is 0.627. The van der Waals surface area contributed by atoms with Crippen LogP contribution in [0.2, 0.25) is 0 Å². The van der Waals surface area contributed by atoms with Gasteiger partial charge in [0, 0.05) is 16.7 Å². The summed E-state index contributed by atoms with van der Waals surface area (Å²) in [6.45, 7) is 4.20. The van der Waals surface area contributed by atoms with Crippen molar-refractivity contribution in [2.24, 2.45) is 0 Å². The predicted octanol–water partition coefficient (Wildman–Crippen LogP) is 7.74. The van der Waals surface area contributed by atoms with Gasteiger partial charge in [0.15, 0.2) is 0 Å². The topological polar surface area (TPSA) is 0 Å². The van der Waals surface area contributed by atoms with Gasteiger partial charge in [-0.05, 0) is 79.6 Å². The zero-order valence-electron chi connectivity index (χ0n) is 17.9. The summed E-state index contributed by atoms with van der Waals surface area (Å²) in [5.74, 6) is 6.26. The Labute approximate surface area is 180 Å². The molecular formula is C29H29F. The molecule has 0 aromatic heterocycles. The second-order valence-electron chi connectivity index (χ2n) is 7.55. The third kappa shape index (κ3) is 6.19. The molecule has 0 saturated heterocycles. The molecule has 0 atom stereocenters. The van der Waals surface area contributed by atoms with Crippen LogP contribution in [0, 0.1) is 17.7 Å². The van der Waals surface area contributed by atoms with Gasteiger partial charge in [-0.3, -0.25) is 0 Å². The van der Waals surface area contributed by atoms with Crippen LogP contribution in [-0.4, -0.2) is 0 Å². The van der Waals surface area contributed by atoms with Crippen LogP contribution in [0.4, 0.5) is 4.39 Å². The fourth-order valence-corrected chi connectivity index (χ4v) is 3.38. The molecule has 0 aliphatic carbocycles. The summed E-state index contributed by atoms with van der Waals surface area (Å²) in [7, 11) is 0. The van der Waals surface area contributed by atoms with Gasteiger partial charge in [0.2, 0.25) is 0 Å². The molecule has 1 heteroatoms. The largest absolute Gasteiger partial charge is 0.206 e. The van der Waals surface area contributed by atoms with Crippen molar-refractivity contribution < 1.29 is 4.39 Å². The van der Waals surface area contributed by atoms with Crippen LogP contribution in [0.3, 0.4) is 0 Å². The third-order valence-corrected chi connectivity index (χ3v) is 5.19. The second-order valence-corrected chi connectivity index (χ2v) is 7.55. The van der Waals surface area contributed by atoms with Crippen molar-refractivity contribution in [2.45, 2.75) is 46.0 Å². The Kier molecular flexibility index (Phi) is 8.04. The summed E-state index contributed by atoms with van der Waals surface area (Å²) in [5, 5.41) is 0. The first-order valence-electron chi connectivity index (χ1n) is 10.8. The van der Waals surface area contributed by atoms with Crippen LogP contribution >= 0.6 is 0 Å². The van der Waals surface area contributed by atoms with E-state index < -0.39 is 0 Å². The molecule has 0 aliphatic heterocycles. The average molecular weight is 397 g/mol. The van der Waals surface area contributed by atoms with E-state index in [2.05, 4.69) is 55.2 Å². The van der Waals surface area contributed by atoms with Gasteiger partial charge in [0.25, 0.3) is 0 Å². The number of rotatable bonds is 7. The van der Waals surface area contributed by atoms with Gasteiger partial charge in [0.05, 0.1) is 0 Å². The van der Waals surface area contributed by atoms with Crippen molar-refractivity contribution in [1.82, 2.24) is 0 Å². The van der Waals surface area contributed by atoms with Crippen molar-refractivity contribution in [3.8, 4) is 23.0 Å². The van der Waals surface area contributed by atoms with Crippen LogP contribution in [0.5, 0.6) is 0 Å². The first kappa shape index (κ1) is 21.6. The highest BCUT2D eigenvalue weighted by atomic mass is 19.1. The van der Waals surface area contributed by atoms with E-state index >= 15 is 0 Å². The Morgan fingerprint density at radius 2 is 1.43 bits per heavy atom. The van der Waals surface area contributed by atoms with E-state index in [1.165, 1.54) is 5.56 Å². The fourth-order valence-electron chi connectivity index (χ4n) is 3.38. The summed E-state index contributed by atoms with van der Waals surface area (Å²) in [6.07, 6.45) is 9.52. The Hall–Kier alpha value is -3.11. The Bertz CT molecular complexity index is 1030. The number of hydrogen-bond acceptors (Lipinski definition) is 0. The van der Waals surface area contributed by atoms with E-state index in [1.807, 2.05) is 43.3 Å². The molecule has 0 heterocycles. The summed E-state index contributed by atoms with van der Waals surface area (Å²) >= 11 is 0. The Morgan fingerprint density at radius 3 is 2.03 bits per heavy atom. The highest BCUT2D eigenvalue weighted by Gasteiger charge is 2.06. The maximum Gasteiger partial charge on any atom is 0.131 e. The summed E-state index contributed by atoms with van der Waals surface area (Å²) < 4.78 is 14.5. The first-order chi connectivity index (χ1) is 14.7. The Morgan fingerprint density at radius 1 is 0.800 bits per heavy atom. The van der Waals surface area contributed by atoms with Crippen LogP contribution in [-0.2, 0) is 12.8 Å². The lowest BCUT2D eigenvalue weighted by Crippen LogP contribution is -1.90. The SMILES string of the molecule is C/C=C/CCc1ccc(C#Cc2ccc(-c3ccc(CCCC)cc3F)cc2)cc1. The van der Waals surface area contributed by atoms with E-state index in [0.29, 0.717) is 5.56 Å². The van der Waals surface area contributed by atoms with Crippen molar-refractivity contribution in [3.05, 3.63) is 107 Å². The van der Waals surface area contributed by atoms with Gasteiger partial charge in [-0.25, -0.2) is 4.39 Å². The molecule has 3 aromatic rings. The van der Waals surface area contributed by atoms with Crippen LogP contribution in [0.1, 0.15) is 55.4 Å². The monoisotopic (exact) mass is 396 g/mol. The zero-order chi connectivity index (χ0) is 21.2. The standard InChI is InChI=1S/C29H29F/c1-3-5-7-9-23-10-12-24(13-11-23)14-15-25-16-19-27(20-17-25)28-21-18-26(8-6-4-2)22-29(28)30/h3,5,10-13,16-22H,4,6-9H2,1-2H3/b5-3+. The van der Waals surface area contributed by atoms with Crippen LogP contribution in [0.15, 0.2) is 78.9 Å². The van der Waals surface area contributed by atoms with Gasteiger partial charge in [-0.15, -0.1) is 0 Å². The molecular weight excluding hydrogens is 367 g/mol. The fraction of sp³-hybridized carbons (Fsp3) is 0.241. The molecule has 0 bridgehead atoms. The molecule has 3 rings (SSSR count). The minimum Gasteiger partial charge on any atom is -0.206 e. The number of aryl methyl sites for hydroxylation is 2. The van der Waals surface area contributed by atoms with Gasteiger partial charge in [0.1, 0.15) is 5.82 Å². The average Bonchev–Trinajstić information content (AvgIpc) is 2.78. The molecule has 0 saturated carbocycles. The molecule has 0 fully saturated rings. The lowest BCUT2D eigenvalue weighted by atomic mass is 10.00. The van der Waals surface area contributed by atoms with Crippen molar-refractivity contribution in [3.63, 3.8) is 0 Å². The van der Waals surface area contributed by atoms with E-state index in [-0.39, 0.29) is 5.82 Å². The first-order valence-corrected chi connectivity index (χ1v) is 10.8. The molecule has 0 aliphatic rings. The summed E-state index contributed by atoms with van der Waals surface area (Å²) in [6, 6.07) is 21.8. The highest BCUT2D eigenvalue weighted by Crippen LogP contribution is 2.24. The molecule has 0 radical (unpaired) electrons. The summed E-state index contributed by atoms with van der Waals surface area (Å²) in [5.41, 5.74) is 5.84. The van der Waals surface area contributed by atoms with E-state index in [0.717, 1.165) is 54.4 Å². The molecule has 0 spiro atoms. The maximum atomic E-state index is 14.5. The van der Waals surface area contributed by atoms with Gasteiger partial charge < -0.3 is 0 Å². The Balaban J connectivity index is 1.67. The number of halogens is 1. The zero-order valence-corrected chi connectivity index (χ0v) is 17.9. The number of allylic oxidation sites excluding steroid dienone is 2. The van der Waals surface area contributed by atoms with E-state index in [1.54, 1.807) is 6.07 Å². The second kappa shape index (κ2) is 11.2. The number of unbranched alkanes of at least 4 members (excludes halogenated alkanes) is 1. The normalized spacial score (nSPS) is 10.8. The van der Waals surface area contributed by atoms with Crippen molar-refractivity contribution >= 4 is 0 Å². The van der Waals surface area contributed by atoms with E-state index in [4.69, 9.17) is 0 Å². The molecule has 3 aromatic carbocycles. The predicted molar refractivity (Wildman–Crippen MR) is 126 cm³/mol. The highest BCUT2D eigenvalue weighted by molar-refractivity contribution is 5.65. The third-order valence-electron chi connectivity index (χ3n) is 5.19. The van der Waals surface area contributed by atoms with Crippen LogP contribution < -0.4 is 0 Å². The minimum absolute atomic E-state index is 0.156. The molecule has 152 valence electrons.